The van der Waals surface area contributed by atoms with Gasteiger partial charge in [-0.15, -0.1) is 0 Å². The SMILES string of the molecule is c1ccc(-c2cc3c(cn2)c2ccccc2c2nccn32)cc1. The highest BCUT2D eigenvalue weighted by Crippen LogP contribution is 2.30. The number of imidazole rings is 1. The lowest BCUT2D eigenvalue weighted by molar-refractivity contribution is 1.25. The van der Waals surface area contributed by atoms with Crippen LogP contribution in [0.15, 0.2) is 79.3 Å². The van der Waals surface area contributed by atoms with E-state index in [1.807, 2.05) is 36.8 Å². The minimum absolute atomic E-state index is 0.975. The molecule has 0 amide bonds. The van der Waals surface area contributed by atoms with Crippen LogP contribution in [0.1, 0.15) is 0 Å². The van der Waals surface area contributed by atoms with E-state index in [-0.39, 0.29) is 0 Å². The van der Waals surface area contributed by atoms with Crippen LogP contribution < -0.4 is 0 Å². The van der Waals surface area contributed by atoms with Gasteiger partial charge in [-0.05, 0) is 11.5 Å². The predicted octanol–water partition coefficient (Wildman–Crippen LogP) is 4.70. The maximum atomic E-state index is 4.68. The Morgan fingerprint density at radius 2 is 1.52 bits per heavy atom. The fraction of sp³-hybridized carbons (Fsp3) is 0. The second-order valence-electron chi connectivity index (χ2n) is 5.62. The standard InChI is InChI=1S/C20H13N3/c1-2-6-14(7-3-1)18-12-19-17(13-22-18)15-8-4-5-9-16(15)20-21-10-11-23(19)20/h1-13H. The van der Waals surface area contributed by atoms with E-state index < -0.39 is 0 Å². The molecule has 108 valence electrons. The lowest BCUT2D eigenvalue weighted by Crippen LogP contribution is -1.93. The molecule has 3 nitrogen and oxygen atoms in total. The third-order valence-corrected chi connectivity index (χ3v) is 4.31. The van der Waals surface area contributed by atoms with Gasteiger partial charge in [0.1, 0.15) is 5.65 Å². The molecule has 2 aromatic carbocycles. The molecule has 0 radical (unpaired) electrons. The highest BCUT2D eigenvalue weighted by atomic mass is 15.0. The number of aromatic nitrogens is 3. The van der Waals surface area contributed by atoms with Crippen LogP contribution in [0, 0.1) is 0 Å². The molecule has 0 aliphatic rings. The minimum Gasteiger partial charge on any atom is -0.299 e. The van der Waals surface area contributed by atoms with Crippen molar-refractivity contribution in [3.05, 3.63) is 79.3 Å². The molecule has 0 atom stereocenters. The summed E-state index contributed by atoms with van der Waals surface area (Å²) < 4.78 is 2.14. The Labute approximate surface area is 132 Å². The molecular formula is C20H13N3. The van der Waals surface area contributed by atoms with E-state index in [1.165, 1.54) is 5.39 Å². The summed E-state index contributed by atoms with van der Waals surface area (Å²) in [5.74, 6) is 0. The van der Waals surface area contributed by atoms with Crippen molar-refractivity contribution in [1.29, 1.82) is 0 Å². The van der Waals surface area contributed by atoms with Crippen molar-refractivity contribution in [3.8, 4) is 11.3 Å². The van der Waals surface area contributed by atoms with Gasteiger partial charge < -0.3 is 0 Å². The van der Waals surface area contributed by atoms with Gasteiger partial charge in [-0.2, -0.15) is 0 Å². The minimum atomic E-state index is 0.975. The summed E-state index contributed by atoms with van der Waals surface area (Å²) in [6, 6.07) is 20.8. The fourth-order valence-corrected chi connectivity index (χ4v) is 3.23. The summed E-state index contributed by atoms with van der Waals surface area (Å²) in [7, 11) is 0. The molecule has 23 heavy (non-hydrogen) atoms. The topological polar surface area (TPSA) is 30.2 Å². The Hall–Kier alpha value is -3.20. The molecule has 0 spiro atoms. The van der Waals surface area contributed by atoms with E-state index in [4.69, 9.17) is 0 Å². The number of pyridine rings is 2. The molecule has 0 saturated heterocycles. The van der Waals surface area contributed by atoms with Crippen LogP contribution in [-0.2, 0) is 0 Å². The molecule has 3 aromatic heterocycles. The normalized spacial score (nSPS) is 11.5. The smallest absolute Gasteiger partial charge is 0.145 e. The van der Waals surface area contributed by atoms with Gasteiger partial charge in [-0.1, -0.05) is 54.6 Å². The third kappa shape index (κ3) is 1.77. The molecule has 0 aliphatic heterocycles. The van der Waals surface area contributed by atoms with Crippen LogP contribution in [-0.4, -0.2) is 14.4 Å². The van der Waals surface area contributed by atoms with Crippen molar-refractivity contribution in [3.63, 3.8) is 0 Å². The van der Waals surface area contributed by atoms with Gasteiger partial charge in [0.05, 0.1) is 11.2 Å². The first kappa shape index (κ1) is 12.4. The second-order valence-corrected chi connectivity index (χ2v) is 5.62. The van der Waals surface area contributed by atoms with Gasteiger partial charge in [0.2, 0.25) is 0 Å². The van der Waals surface area contributed by atoms with Gasteiger partial charge in [0, 0.05) is 34.9 Å². The van der Waals surface area contributed by atoms with Crippen molar-refractivity contribution in [2.24, 2.45) is 0 Å². The second kappa shape index (κ2) is 4.65. The first-order valence-corrected chi connectivity index (χ1v) is 7.61. The lowest BCUT2D eigenvalue weighted by Gasteiger charge is -2.09. The Morgan fingerprint density at radius 1 is 0.739 bits per heavy atom. The van der Waals surface area contributed by atoms with Crippen LogP contribution in [0.3, 0.4) is 0 Å². The largest absolute Gasteiger partial charge is 0.299 e. The van der Waals surface area contributed by atoms with Crippen molar-refractivity contribution in [2.45, 2.75) is 0 Å². The van der Waals surface area contributed by atoms with Gasteiger partial charge in [-0.3, -0.25) is 9.38 Å². The van der Waals surface area contributed by atoms with Crippen LogP contribution in [0.2, 0.25) is 0 Å². The van der Waals surface area contributed by atoms with Crippen molar-refractivity contribution in [1.82, 2.24) is 14.4 Å². The number of benzene rings is 2. The van der Waals surface area contributed by atoms with Gasteiger partial charge in [-0.25, -0.2) is 4.98 Å². The number of nitrogens with zero attached hydrogens (tertiary/aromatic N) is 3. The summed E-state index contributed by atoms with van der Waals surface area (Å²) in [6.45, 7) is 0. The molecule has 0 bridgehead atoms. The summed E-state index contributed by atoms with van der Waals surface area (Å²) in [5.41, 5.74) is 4.21. The number of hydrogen-bond donors (Lipinski definition) is 0. The molecule has 0 unspecified atom stereocenters. The molecule has 5 rings (SSSR count). The average Bonchev–Trinajstić information content (AvgIpc) is 3.12. The van der Waals surface area contributed by atoms with E-state index in [9.17, 15) is 0 Å². The quantitative estimate of drug-likeness (QED) is 0.419. The van der Waals surface area contributed by atoms with Gasteiger partial charge >= 0.3 is 0 Å². The molecule has 3 heteroatoms. The number of rotatable bonds is 1. The van der Waals surface area contributed by atoms with Crippen LogP contribution in [0.25, 0.3) is 38.6 Å². The van der Waals surface area contributed by atoms with Gasteiger partial charge in [0.15, 0.2) is 0 Å². The average molecular weight is 295 g/mol. The molecule has 0 aliphatic carbocycles. The predicted molar refractivity (Wildman–Crippen MR) is 93.4 cm³/mol. The zero-order chi connectivity index (χ0) is 15.2. The van der Waals surface area contributed by atoms with E-state index in [1.54, 1.807) is 0 Å². The van der Waals surface area contributed by atoms with Gasteiger partial charge in [0.25, 0.3) is 0 Å². The first-order chi connectivity index (χ1) is 11.4. The Morgan fingerprint density at radius 3 is 2.39 bits per heavy atom. The van der Waals surface area contributed by atoms with E-state index in [2.05, 4.69) is 56.8 Å². The van der Waals surface area contributed by atoms with Crippen LogP contribution in [0.4, 0.5) is 0 Å². The van der Waals surface area contributed by atoms with E-state index in [0.29, 0.717) is 0 Å². The van der Waals surface area contributed by atoms with Crippen molar-refractivity contribution >= 4 is 27.3 Å². The summed E-state index contributed by atoms with van der Waals surface area (Å²) in [4.78, 5) is 9.23. The zero-order valence-electron chi connectivity index (χ0n) is 12.3. The van der Waals surface area contributed by atoms with Crippen molar-refractivity contribution < 1.29 is 0 Å². The van der Waals surface area contributed by atoms with Crippen LogP contribution >= 0.6 is 0 Å². The Balaban J connectivity index is 1.95. The molecular weight excluding hydrogens is 282 g/mol. The number of hydrogen-bond acceptors (Lipinski definition) is 2. The lowest BCUT2D eigenvalue weighted by atomic mass is 10.1. The maximum absolute atomic E-state index is 4.68. The molecule has 5 aromatic rings. The zero-order valence-corrected chi connectivity index (χ0v) is 12.3. The van der Waals surface area contributed by atoms with Crippen LogP contribution in [0.5, 0.6) is 0 Å². The summed E-state index contributed by atoms with van der Waals surface area (Å²) in [6.07, 6.45) is 5.84. The highest BCUT2D eigenvalue weighted by molar-refractivity contribution is 6.11. The highest BCUT2D eigenvalue weighted by Gasteiger charge is 2.10. The summed E-state index contributed by atoms with van der Waals surface area (Å²) >= 11 is 0. The maximum Gasteiger partial charge on any atom is 0.145 e. The Kier molecular flexibility index (Phi) is 2.50. The third-order valence-electron chi connectivity index (χ3n) is 4.31. The summed E-state index contributed by atoms with van der Waals surface area (Å²) in [5, 5.41) is 3.48. The molecule has 0 N–H and O–H groups in total. The molecule has 0 fully saturated rings. The Bertz CT molecular complexity index is 1160. The van der Waals surface area contributed by atoms with E-state index >= 15 is 0 Å². The molecule has 0 saturated carbocycles. The van der Waals surface area contributed by atoms with Crippen molar-refractivity contribution in [2.75, 3.05) is 0 Å². The number of fused-ring (bicyclic) bond motifs is 6. The van der Waals surface area contributed by atoms with E-state index in [0.717, 1.165) is 33.2 Å². The fourth-order valence-electron chi connectivity index (χ4n) is 3.23. The molecule has 3 heterocycles. The first-order valence-electron chi connectivity index (χ1n) is 7.61. The monoisotopic (exact) mass is 295 g/mol.